The topological polar surface area (TPSA) is 95.6 Å². The molecule has 4 rings (SSSR count). The van der Waals surface area contributed by atoms with Gasteiger partial charge < -0.3 is 10.3 Å². The van der Waals surface area contributed by atoms with Crippen LogP contribution in [0.15, 0.2) is 51.8 Å². The van der Waals surface area contributed by atoms with Gasteiger partial charge in [-0.15, -0.1) is 0 Å². The molecule has 0 bridgehead atoms. The maximum atomic E-state index is 5.84. The van der Waals surface area contributed by atoms with Gasteiger partial charge in [-0.25, -0.2) is 9.61 Å². The van der Waals surface area contributed by atoms with Gasteiger partial charge in [0.1, 0.15) is 0 Å². The Hall–Kier alpha value is -2.74. The third-order valence-electron chi connectivity index (χ3n) is 3.50. The van der Waals surface area contributed by atoms with Crippen LogP contribution in [0.2, 0.25) is 0 Å². The van der Waals surface area contributed by atoms with E-state index in [1.807, 2.05) is 41.1 Å². The van der Waals surface area contributed by atoms with E-state index >= 15 is 0 Å². The number of hydrogen-bond acceptors (Lipinski definition) is 6. The zero-order valence-electron chi connectivity index (χ0n) is 11.8. The van der Waals surface area contributed by atoms with Gasteiger partial charge in [-0.05, 0) is 40.1 Å². The minimum Gasteiger partial charge on any atom is -0.379 e. The third kappa shape index (κ3) is 2.46. The molecule has 0 radical (unpaired) electrons. The van der Waals surface area contributed by atoms with Crippen molar-refractivity contribution in [3.8, 4) is 11.5 Å². The summed E-state index contributed by atoms with van der Waals surface area (Å²) in [4.78, 5) is 8.80. The van der Waals surface area contributed by atoms with Crippen LogP contribution in [0.1, 0.15) is 5.56 Å². The Morgan fingerprint density at radius 3 is 2.87 bits per heavy atom. The Morgan fingerprint density at radius 2 is 2.13 bits per heavy atom. The summed E-state index contributed by atoms with van der Waals surface area (Å²) in [5, 5.41) is 7.53. The van der Waals surface area contributed by atoms with E-state index in [0.29, 0.717) is 18.1 Å². The summed E-state index contributed by atoms with van der Waals surface area (Å²) in [6.45, 7) is 0.591. The van der Waals surface area contributed by atoms with Gasteiger partial charge in [0.05, 0.1) is 17.6 Å². The van der Waals surface area contributed by atoms with E-state index in [2.05, 4.69) is 36.2 Å². The summed E-state index contributed by atoms with van der Waals surface area (Å²) in [6, 6.07) is 9.82. The van der Waals surface area contributed by atoms with Crippen LogP contribution in [0.5, 0.6) is 0 Å². The van der Waals surface area contributed by atoms with Gasteiger partial charge in [0.2, 0.25) is 0 Å². The van der Waals surface area contributed by atoms with Gasteiger partial charge in [0, 0.05) is 16.9 Å². The Labute approximate surface area is 139 Å². The molecule has 2 N–H and O–H groups in total. The molecule has 0 aliphatic carbocycles. The molecule has 0 saturated heterocycles. The van der Waals surface area contributed by atoms with E-state index in [9.17, 15) is 0 Å². The first-order chi connectivity index (χ1) is 11.2. The number of nitrogens with two attached hydrogens (primary N) is 1. The zero-order valence-corrected chi connectivity index (χ0v) is 13.4. The molecule has 8 heteroatoms. The van der Waals surface area contributed by atoms with Crippen LogP contribution in [0.4, 0.5) is 5.82 Å². The van der Waals surface area contributed by atoms with Crippen molar-refractivity contribution in [1.82, 2.24) is 24.8 Å². The normalized spacial score (nSPS) is 11.2. The van der Waals surface area contributed by atoms with E-state index < -0.39 is 0 Å². The molecule has 3 heterocycles. The molecule has 4 aromatic rings. The fourth-order valence-electron chi connectivity index (χ4n) is 2.47. The number of imidazole rings is 1. The van der Waals surface area contributed by atoms with E-state index in [4.69, 9.17) is 10.4 Å². The standard InChI is InChI=1S/C15H11BrN6O/c16-10-3-4-12-11(6-10)19-15(13-14(17)21-23-20-13)22(12)8-9-2-1-5-18-7-9/h1-7H,8H2,(H2,17,21). The number of nitrogen functional groups attached to an aromatic ring is 1. The van der Waals surface area contributed by atoms with E-state index in [1.54, 1.807) is 6.20 Å². The van der Waals surface area contributed by atoms with Crippen molar-refractivity contribution in [1.29, 1.82) is 0 Å². The molecule has 0 aliphatic heterocycles. The lowest BCUT2D eigenvalue weighted by Crippen LogP contribution is -2.04. The highest BCUT2D eigenvalue weighted by atomic mass is 79.9. The third-order valence-corrected chi connectivity index (χ3v) is 3.99. The first kappa shape index (κ1) is 13.9. The number of pyridine rings is 1. The molecule has 23 heavy (non-hydrogen) atoms. The van der Waals surface area contributed by atoms with Crippen LogP contribution in [0.3, 0.4) is 0 Å². The summed E-state index contributed by atoms with van der Waals surface area (Å²) >= 11 is 3.47. The summed E-state index contributed by atoms with van der Waals surface area (Å²) in [7, 11) is 0. The lowest BCUT2D eigenvalue weighted by Gasteiger charge is -2.07. The molecule has 0 atom stereocenters. The number of anilines is 1. The molecular weight excluding hydrogens is 360 g/mol. The van der Waals surface area contributed by atoms with Crippen molar-refractivity contribution in [3.63, 3.8) is 0 Å². The minimum absolute atomic E-state index is 0.215. The van der Waals surface area contributed by atoms with Crippen molar-refractivity contribution in [3.05, 3.63) is 52.8 Å². The number of fused-ring (bicyclic) bond motifs is 1. The maximum Gasteiger partial charge on any atom is 0.199 e. The monoisotopic (exact) mass is 370 g/mol. The second kappa shape index (κ2) is 5.47. The molecule has 0 fully saturated rings. The van der Waals surface area contributed by atoms with Crippen molar-refractivity contribution >= 4 is 32.8 Å². The average molecular weight is 371 g/mol. The lowest BCUT2D eigenvalue weighted by atomic mass is 10.2. The van der Waals surface area contributed by atoms with Gasteiger partial charge in [-0.3, -0.25) is 4.98 Å². The summed E-state index contributed by atoms with van der Waals surface area (Å²) in [5.41, 5.74) is 9.12. The Kier molecular flexibility index (Phi) is 3.30. The minimum atomic E-state index is 0.215. The molecule has 114 valence electrons. The number of halogens is 1. The first-order valence-corrected chi connectivity index (χ1v) is 7.65. The predicted molar refractivity (Wildman–Crippen MR) is 88.5 cm³/mol. The largest absolute Gasteiger partial charge is 0.379 e. The van der Waals surface area contributed by atoms with Crippen LogP contribution in [0, 0.1) is 0 Å². The van der Waals surface area contributed by atoms with Crippen LogP contribution >= 0.6 is 15.9 Å². The Bertz CT molecular complexity index is 978. The van der Waals surface area contributed by atoms with Crippen LogP contribution in [0.25, 0.3) is 22.6 Å². The highest BCUT2D eigenvalue weighted by Crippen LogP contribution is 2.28. The quantitative estimate of drug-likeness (QED) is 0.595. The van der Waals surface area contributed by atoms with Crippen LogP contribution in [-0.2, 0) is 6.54 Å². The molecule has 0 spiro atoms. The number of aromatic nitrogens is 5. The number of hydrogen-bond donors (Lipinski definition) is 1. The van der Waals surface area contributed by atoms with Crippen LogP contribution < -0.4 is 5.73 Å². The maximum absolute atomic E-state index is 5.84. The highest BCUT2D eigenvalue weighted by molar-refractivity contribution is 9.10. The average Bonchev–Trinajstić information content (AvgIpc) is 3.12. The molecule has 0 saturated carbocycles. The van der Waals surface area contributed by atoms with Gasteiger partial charge in [0.15, 0.2) is 17.3 Å². The number of nitrogens with zero attached hydrogens (tertiary/aromatic N) is 5. The van der Waals surface area contributed by atoms with Crippen molar-refractivity contribution in [2.45, 2.75) is 6.54 Å². The van der Waals surface area contributed by atoms with Crippen molar-refractivity contribution < 1.29 is 4.63 Å². The molecule has 7 nitrogen and oxygen atoms in total. The number of rotatable bonds is 3. The van der Waals surface area contributed by atoms with E-state index in [-0.39, 0.29) is 5.82 Å². The predicted octanol–water partition coefficient (Wildman–Crippen LogP) is 2.87. The smallest absolute Gasteiger partial charge is 0.199 e. The molecule has 0 amide bonds. The van der Waals surface area contributed by atoms with Gasteiger partial charge >= 0.3 is 0 Å². The highest BCUT2D eigenvalue weighted by Gasteiger charge is 2.19. The van der Waals surface area contributed by atoms with Gasteiger partial charge in [-0.1, -0.05) is 22.0 Å². The fraction of sp³-hybridized carbons (Fsp3) is 0.0667. The zero-order chi connectivity index (χ0) is 15.8. The van der Waals surface area contributed by atoms with Crippen LogP contribution in [-0.4, -0.2) is 24.8 Å². The Balaban J connectivity index is 1.94. The molecule has 3 aromatic heterocycles. The summed E-state index contributed by atoms with van der Waals surface area (Å²) in [6.07, 6.45) is 3.56. The van der Waals surface area contributed by atoms with E-state index in [1.165, 1.54) is 0 Å². The van der Waals surface area contributed by atoms with Gasteiger partial charge in [0.25, 0.3) is 0 Å². The summed E-state index contributed by atoms with van der Waals surface area (Å²) in [5.74, 6) is 0.826. The number of benzene rings is 1. The van der Waals surface area contributed by atoms with Crippen molar-refractivity contribution in [2.24, 2.45) is 0 Å². The molecule has 1 aromatic carbocycles. The second-order valence-corrected chi connectivity index (χ2v) is 5.93. The SMILES string of the molecule is Nc1nonc1-c1nc2cc(Br)ccc2n1Cc1cccnc1. The van der Waals surface area contributed by atoms with E-state index in [0.717, 1.165) is 21.1 Å². The Morgan fingerprint density at radius 1 is 1.22 bits per heavy atom. The van der Waals surface area contributed by atoms with Gasteiger partial charge in [-0.2, -0.15) is 0 Å². The second-order valence-electron chi connectivity index (χ2n) is 5.01. The molecular formula is C15H11BrN6O. The fourth-order valence-corrected chi connectivity index (χ4v) is 2.82. The summed E-state index contributed by atoms with van der Waals surface area (Å²) < 4.78 is 7.70. The van der Waals surface area contributed by atoms with Crippen molar-refractivity contribution in [2.75, 3.05) is 5.73 Å². The first-order valence-electron chi connectivity index (χ1n) is 6.85. The molecule has 0 aliphatic rings. The molecule has 0 unspecified atom stereocenters. The lowest BCUT2D eigenvalue weighted by molar-refractivity contribution is 0.310.